The topological polar surface area (TPSA) is 58.7 Å². The van der Waals surface area contributed by atoms with Crippen molar-refractivity contribution >= 4 is 28.3 Å². The molecule has 29 heavy (non-hydrogen) atoms. The highest BCUT2D eigenvalue weighted by Crippen LogP contribution is 2.30. The van der Waals surface area contributed by atoms with Crippen molar-refractivity contribution in [3.8, 4) is 0 Å². The molecule has 1 saturated heterocycles. The maximum Gasteiger partial charge on any atom is 0.269 e. The second-order valence-corrected chi connectivity index (χ2v) is 9.60. The van der Waals surface area contributed by atoms with E-state index in [-0.39, 0.29) is 10.6 Å². The van der Waals surface area contributed by atoms with Crippen molar-refractivity contribution in [1.82, 2.24) is 4.90 Å². The minimum Gasteiger partial charge on any atom is -0.350 e. The average Bonchev–Trinajstić information content (AvgIpc) is 3.12. The maximum atomic E-state index is 11.0. The summed E-state index contributed by atoms with van der Waals surface area (Å²) in [7, 11) is 0. The Balaban J connectivity index is 1.64. The normalized spacial score (nSPS) is 21.7. The molecular weight excluding hydrogens is 382 g/mol. The Morgan fingerprint density at radius 3 is 2.28 bits per heavy atom. The van der Waals surface area contributed by atoms with Crippen molar-refractivity contribution in [3.05, 3.63) is 33.9 Å². The molecule has 1 aromatic rings. The smallest absolute Gasteiger partial charge is 0.269 e. The van der Waals surface area contributed by atoms with E-state index >= 15 is 0 Å². The molecule has 3 rings (SSSR count). The Morgan fingerprint density at radius 1 is 1.07 bits per heavy atom. The summed E-state index contributed by atoms with van der Waals surface area (Å²) >= 11 is 1.82. The molecule has 2 fully saturated rings. The molecule has 1 aliphatic heterocycles. The third-order valence-electron chi connectivity index (χ3n) is 6.17. The fraction of sp³-hybridized carbons (Fsp3) is 0.696. The molecule has 0 amide bonds. The largest absolute Gasteiger partial charge is 0.350 e. The lowest BCUT2D eigenvalue weighted by Crippen LogP contribution is -2.30. The number of nitro groups is 1. The van der Waals surface area contributed by atoms with Gasteiger partial charge in [0.1, 0.15) is 0 Å². The summed E-state index contributed by atoms with van der Waals surface area (Å²) in [5.74, 6) is 1.84. The van der Waals surface area contributed by atoms with Crippen LogP contribution in [0, 0.1) is 23.0 Å². The lowest BCUT2D eigenvalue weighted by molar-refractivity contribution is -0.384. The molecule has 0 N–H and O–H groups in total. The van der Waals surface area contributed by atoms with Crippen LogP contribution in [0.15, 0.2) is 23.2 Å². The van der Waals surface area contributed by atoms with Gasteiger partial charge in [-0.2, -0.15) is 0 Å². The van der Waals surface area contributed by atoms with Gasteiger partial charge in [-0.25, -0.2) is 4.99 Å². The Kier molecular flexibility index (Phi) is 8.84. The number of benzene rings is 1. The minimum absolute atomic E-state index is 0.135. The number of nitro benzene ring substituents is 1. The average molecular weight is 418 g/mol. The zero-order valence-electron chi connectivity index (χ0n) is 17.8. The van der Waals surface area contributed by atoms with Crippen LogP contribution in [0.5, 0.6) is 0 Å². The Morgan fingerprint density at radius 2 is 1.69 bits per heavy atom. The van der Waals surface area contributed by atoms with E-state index < -0.39 is 0 Å². The second kappa shape index (κ2) is 11.6. The summed E-state index contributed by atoms with van der Waals surface area (Å²) in [5.41, 5.74) is 1.85. The molecule has 1 aromatic carbocycles. The predicted octanol–water partition coefficient (Wildman–Crippen LogP) is 6.86. The van der Waals surface area contributed by atoms with E-state index in [1.54, 1.807) is 18.2 Å². The summed E-state index contributed by atoms with van der Waals surface area (Å²) in [6.07, 6.45) is 15.2. The monoisotopic (exact) mass is 417 g/mol. The van der Waals surface area contributed by atoms with E-state index in [0.29, 0.717) is 0 Å². The van der Waals surface area contributed by atoms with Crippen LogP contribution in [-0.4, -0.2) is 33.8 Å². The van der Waals surface area contributed by atoms with Crippen LogP contribution >= 0.6 is 11.8 Å². The first-order valence-electron chi connectivity index (χ1n) is 11.3. The number of non-ortho nitro benzene ring substituents is 1. The molecule has 0 aromatic heterocycles. The molecule has 1 saturated carbocycles. The molecular formula is C23H35N3O2S. The van der Waals surface area contributed by atoms with Crippen LogP contribution in [0.4, 0.5) is 11.4 Å². The van der Waals surface area contributed by atoms with Crippen LogP contribution < -0.4 is 0 Å². The van der Waals surface area contributed by atoms with Gasteiger partial charge in [0.25, 0.3) is 5.69 Å². The highest BCUT2D eigenvalue weighted by molar-refractivity contribution is 8.14. The number of amidine groups is 1. The molecule has 6 heteroatoms. The van der Waals surface area contributed by atoms with Gasteiger partial charge in [-0.3, -0.25) is 10.1 Å². The molecule has 0 radical (unpaired) electrons. The van der Waals surface area contributed by atoms with Crippen molar-refractivity contribution in [2.45, 2.75) is 77.6 Å². The number of aliphatic imine (C=N–C) groups is 1. The predicted molar refractivity (Wildman–Crippen MR) is 123 cm³/mol. The lowest BCUT2D eigenvalue weighted by Gasteiger charge is -2.25. The Labute approximate surface area is 179 Å². The van der Waals surface area contributed by atoms with Gasteiger partial charge in [0.2, 0.25) is 0 Å². The van der Waals surface area contributed by atoms with Gasteiger partial charge < -0.3 is 4.90 Å². The molecule has 0 unspecified atom stereocenters. The number of rotatable bonds is 4. The summed E-state index contributed by atoms with van der Waals surface area (Å²) in [6.45, 7) is 4.08. The SMILES string of the molecule is Cc1cc([N+](=O)[O-])ccc1N=C1SCCN1CC1CCCCCCCCCCC1. The van der Waals surface area contributed by atoms with Gasteiger partial charge in [0.05, 0.1) is 10.6 Å². The van der Waals surface area contributed by atoms with Gasteiger partial charge in [-0.15, -0.1) is 0 Å². The van der Waals surface area contributed by atoms with Crippen molar-refractivity contribution in [2.75, 3.05) is 18.8 Å². The first-order chi connectivity index (χ1) is 14.1. The Hall–Kier alpha value is -1.56. The summed E-state index contributed by atoms with van der Waals surface area (Å²) < 4.78 is 0. The highest BCUT2D eigenvalue weighted by atomic mass is 32.2. The fourth-order valence-electron chi connectivity index (χ4n) is 4.43. The first kappa shape index (κ1) is 22.1. The molecule has 160 valence electrons. The third-order valence-corrected chi connectivity index (χ3v) is 7.17. The number of aryl methyl sites for hydroxylation is 1. The van der Waals surface area contributed by atoms with Crippen LogP contribution in [0.3, 0.4) is 0 Å². The van der Waals surface area contributed by atoms with E-state index in [4.69, 9.17) is 4.99 Å². The first-order valence-corrected chi connectivity index (χ1v) is 12.3. The van der Waals surface area contributed by atoms with Gasteiger partial charge in [-0.1, -0.05) is 69.5 Å². The van der Waals surface area contributed by atoms with Gasteiger partial charge in [0.15, 0.2) is 5.17 Å². The van der Waals surface area contributed by atoms with Crippen LogP contribution in [0.1, 0.15) is 76.2 Å². The van der Waals surface area contributed by atoms with Gasteiger partial charge in [-0.05, 0) is 37.3 Å². The van der Waals surface area contributed by atoms with Crippen molar-refractivity contribution in [1.29, 1.82) is 0 Å². The zero-order chi connectivity index (χ0) is 20.5. The second-order valence-electron chi connectivity index (χ2n) is 8.54. The van der Waals surface area contributed by atoms with Crippen molar-refractivity contribution < 1.29 is 4.92 Å². The molecule has 2 aliphatic rings. The van der Waals surface area contributed by atoms with Crippen molar-refractivity contribution in [3.63, 3.8) is 0 Å². The van der Waals surface area contributed by atoms with Crippen LogP contribution in [-0.2, 0) is 0 Å². The van der Waals surface area contributed by atoms with Crippen LogP contribution in [0.25, 0.3) is 0 Å². The number of thioether (sulfide) groups is 1. The minimum atomic E-state index is -0.343. The fourth-order valence-corrected chi connectivity index (χ4v) is 5.44. The molecule has 0 atom stereocenters. The lowest BCUT2D eigenvalue weighted by atomic mass is 9.92. The van der Waals surface area contributed by atoms with E-state index in [2.05, 4.69) is 4.90 Å². The highest BCUT2D eigenvalue weighted by Gasteiger charge is 2.23. The zero-order valence-corrected chi connectivity index (χ0v) is 18.6. The molecule has 1 heterocycles. The molecule has 0 spiro atoms. The van der Waals surface area contributed by atoms with Gasteiger partial charge in [0, 0.05) is 31.0 Å². The van der Waals surface area contributed by atoms with E-state index in [1.165, 1.54) is 70.6 Å². The molecule has 0 bridgehead atoms. The number of hydrogen-bond donors (Lipinski definition) is 0. The standard InChI is InChI=1S/C23H35N3O2S/c1-19-17-21(26(27)28)13-14-22(19)24-23-25(15-16-29-23)18-20-11-9-7-5-3-2-4-6-8-10-12-20/h13-14,17,20H,2-12,15-16,18H2,1H3. The molecule has 5 nitrogen and oxygen atoms in total. The van der Waals surface area contributed by atoms with E-state index in [0.717, 1.165) is 41.2 Å². The van der Waals surface area contributed by atoms with E-state index in [1.807, 2.05) is 18.7 Å². The van der Waals surface area contributed by atoms with E-state index in [9.17, 15) is 10.1 Å². The van der Waals surface area contributed by atoms with Crippen LogP contribution in [0.2, 0.25) is 0 Å². The third kappa shape index (κ3) is 7.02. The number of nitrogens with zero attached hydrogens (tertiary/aromatic N) is 3. The van der Waals surface area contributed by atoms with Gasteiger partial charge >= 0.3 is 0 Å². The van der Waals surface area contributed by atoms with Crippen molar-refractivity contribution in [2.24, 2.45) is 10.9 Å². The molecule has 1 aliphatic carbocycles. The Bertz CT molecular complexity index is 695. The summed E-state index contributed by atoms with van der Waals surface area (Å²) in [6, 6.07) is 4.97. The number of hydrogen-bond acceptors (Lipinski definition) is 4. The maximum absolute atomic E-state index is 11.0. The summed E-state index contributed by atoms with van der Waals surface area (Å²) in [5, 5.41) is 12.1. The summed E-state index contributed by atoms with van der Waals surface area (Å²) in [4.78, 5) is 18.0. The quantitative estimate of drug-likeness (QED) is 0.396.